The van der Waals surface area contributed by atoms with Gasteiger partial charge in [0.2, 0.25) is 5.28 Å². The van der Waals surface area contributed by atoms with E-state index in [1.807, 2.05) is 0 Å². The number of aromatic nitrogens is 2. The molecule has 6 heteroatoms. The van der Waals surface area contributed by atoms with Gasteiger partial charge in [-0.3, -0.25) is 0 Å². The minimum Gasteiger partial charge on any atom is -0.473 e. The van der Waals surface area contributed by atoms with Crippen LogP contribution in [-0.4, -0.2) is 27.1 Å². The predicted molar refractivity (Wildman–Crippen MR) is 67.6 cm³/mol. The Morgan fingerprint density at radius 2 is 1.67 bits per heavy atom. The Morgan fingerprint density at radius 3 is 2.11 bits per heavy atom. The van der Waals surface area contributed by atoms with Crippen LogP contribution in [0.2, 0.25) is 5.28 Å². The molecule has 0 aliphatic rings. The Bertz CT molecular complexity index is 424. The summed E-state index contributed by atoms with van der Waals surface area (Å²) in [5.41, 5.74) is -1.68. The van der Waals surface area contributed by atoms with Crippen molar-refractivity contribution >= 4 is 17.6 Å². The van der Waals surface area contributed by atoms with Gasteiger partial charge in [0.05, 0.1) is 12.4 Å². The molecule has 0 spiro atoms. The van der Waals surface area contributed by atoms with Gasteiger partial charge in [-0.25, -0.2) is 14.8 Å². The maximum atomic E-state index is 11.9. The van der Waals surface area contributed by atoms with Gasteiger partial charge < -0.3 is 9.47 Å². The fourth-order valence-corrected chi connectivity index (χ4v) is 1.19. The molecular weight excluding hydrogens is 256 g/mol. The van der Waals surface area contributed by atoms with Gasteiger partial charge >= 0.3 is 5.97 Å². The van der Waals surface area contributed by atoms with Crippen molar-refractivity contribution in [3.05, 3.63) is 17.7 Å². The minimum atomic E-state index is -1.12. The highest BCUT2D eigenvalue weighted by Gasteiger charge is 2.34. The molecule has 0 fully saturated rings. The van der Waals surface area contributed by atoms with Gasteiger partial charge in [0.1, 0.15) is 5.60 Å². The molecule has 0 aliphatic heterocycles. The molecule has 1 aromatic rings. The zero-order valence-electron chi connectivity index (χ0n) is 11.2. The first kappa shape index (κ1) is 14.7. The van der Waals surface area contributed by atoms with Crippen LogP contribution >= 0.6 is 11.6 Å². The maximum Gasteiger partial charge on any atom is 0.350 e. The number of halogens is 1. The lowest BCUT2D eigenvalue weighted by molar-refractivity contribution is -0.170. The van der Waals surface area contributed by atoms with Crippen LogP contribution in [-0.2, 0) is 9.53 Å². The number of carbonyl (C=O) groups is 1. The van der Waals surface area contributed by atoms with Crippen molar-refractivity contribution in [1.82, 2.24) is 9.97 Å². The highest BCUT2D eigenvalue weighted by Crippen LogP contribution is 2.21. The third-order valence-corrected chi connectivity index (χ3v) is 2.06. The van der Waals surface area contributed by atoms with Crippen molar-refractivity contribution in [2.45, 2.75) is 45.8 Å². The number of hydrogen-bond donors (Lipinski definition) is 0. The lowest BCUT2D eigenvalue weighted by Crippen LogP contribution is -2.43. The van der Waals surface area contributed by atoms with E-state index in [9.17, 15) is 4.79 Å². The molecule has 18 heavy (non-hydrogen) atoms. The van der Waals surface area contributed by atoms with Crippen LogP contribution in [0.1, 0.15) is 34.6 Å². The molecule has 0 bridgehead atoms. The molecule has 5 nitrogen and oxygen atoms in total. The van der Waals surface area contributed by atoms with Crippen molar-refractivity contribution in [3.63, 3.8) is 0 Å². The normalized spacial score (nSPS) is 12.1. The summed E-state index contributed by atoms with van der Waals surface area (Å²) in [5, 5.41) is 0.123. The van der Waals surface area contributed by atoms with Crippen molar-refractivity contribution in [2.24, 2.45) is 0 Å². The molecular formula is C12H17ClN2O3. The molecule has 1 aromatic heterocycles. The lowest BCUT2D eigenvalue weighted by atomic mass is 10.1. The van der Waals surface area contributed by atoms with E-state index in [0.29, 0.717) is 5.75 Å². The van der Waals surface area contributed by atoms with Crippen LogP contribution in [0.25, 0.3) is 0 Å². The fraction of sp³-hybridized carbons (Fsp3) is 0.583. The second-order valence-corrected chi connectivity index (χ2v) is 5.64. The van der Waals surface area contributed by atoms with Crippen LogP contribution in [0.15, 0.2) is 12.4 Å². The Kier molecular flexibility index (Phi) is 4.16. The van der Waals surface area contributed by atoms with E-state index in [2.05, 4.69) is 9.97 Å². The number of rotatable bonds is 3. The quantitative estimate of drug-likeness (QED) is 0.625. The smallest absolute Gasteiger partial charge is 0.350 e. The summed E-state index contributed by atoms with van der Waals surface area (Å²) < 4.78 is 10.8. The van der Waals surface area contributed by atoms with E-state index >= 15 is 0 Å². The third-order valence-electron chi connectivity index (χ3n) is 1.86. The van der Waals surface area contributed by atoms with Crippen molar-refractivity contribution in [2.75, 3.05) is 0 Å². The van der Waals surface area contributed by atoms with Crippen LogP contribution in [0.3, 0.4) is 0 Å². The maximum absolute atomic E-state index is 11.9. The summed E-state index contributed by atoms with van der Waals surface area (Å²) in [5.74, 6) is -0.0970. The molecule has 1 heterocycles. The Labute approximate surface area is 111 Å². The SMILES string of the molecule is CC(C)(C)OC(=O)C(C)(C)Oc1cnc(Cl)nc1. The Morgan fingerprint density at radius 1 is 1.17 bits per heavy atom. The van der Waals surface area contributed by atoms with E-state index in [-0.39, 0.29) is 5.28 Å². The summed E-state index contributed by atoms with van der Waals surface area (Å²) in [4.78, 5) is 19.5. The number of esters is 1. The minimum absolute atomic E-state index is 0.123. The molecule has 0 amide bonds. The summed E-state index contributed by atoms with van der Waals surface area (Å²) in [7, 11) is 0. The number of hydrogen-bond acceptors (Lipinski definition) is 5. The second-order valence-electron chi connectivity index (χ2n) is 5.30. The number of nitrogens with zero attached hydrogens (tertiary/aromatic N) is 2. The summed E-state index contributed by atoms with van der Waals surface area (Å²) >= 11 is 5.56. The van der Waals surface area contributed by atoms with Gasteiger partial charge in [0.15, 0.2) is 11.4 Å². The summed E-state index contributed by atoms with van der Waals surface area (Å²) in [6.45, 7) is 8.64. The first-order chi connectivity index (χ1) is 8.10. The lowest BCUT2D eigenvalue weighted by Gasteiger charge is -2.28. The van der Waals surface area contributed by atoms with Gasteiger partial charge in [-0.2, -0.15) is 0 Å². The van der Waals surface area contributed by atoms with Crippen molar-refractivity contribution in [3.8, 4) is 5.75 Å². The Hall–Kier alpha value is -1.36. The zero-order valence-corrected chi connectivity index (χ0v) is 11.9. The van der Waals surface area contributed by atoms with Crippen molar-refractivity contribution < 1.29 is 14.3 Å². The van der Waals surface area contributed by atoms with Gasteiger partial charge in [-0.1, -0.05) is 0 Å². The highest BCUT2D eigenvalue weighted by molar-refractivity contribution is 6.28. The average Bonchev–Trinajstić information content (AvgIpc) is 2.18. The molecule has 0 N–H and O–H groups in total. The average molecular weight is 273 g/mol. The molecule has 100 valence electrons. The molecule has 0 aliphatic carbocycles. The van der Waals surface area contributed by atoms with Gasteiger partial charge in [-0.15, -0.1) is 0 Å². The number of carbonyl (C=O) groups excluding carboxylic acids is 1. The first-order valence-corrected chi connectivity index (χ1v) is 5.88. The summed E-state index contributed by atoms with van der Waals surface area (Å²) in [6.07, 6.45) is 2.81. The van der Waals surface area contributed by atoms with E-state index < -0.39 is 17.2 Å². The Balaban J connectivity index is 2.75. The van der Waals surface area contributed by atoms with Gasteiger partial charge in [0.25, 0.3) is 0 Å². The molecule has 0 unspecified atom stereocenters. The standard InChI is InChI=1S/C12H17ClN2O3/c1-11(2,3)18-9(16)12(4,5)17-8-6-14-10(13)15-7-8/h6-7H,1-5H3. The molecule has 0 saturated heterocycles. The van der Waals surface area contributed by atoms with Gasteiger partial charge in [-0.05, 0) is 46.2 Å². The fourth-order valence-electron chi connectivity index (χ4n) is 1.09. The molecule has 1 rings (SSSR count). The highest BCUT2D eigenvalue weighted by atomic mass is 35.5. The van der Waals surface area contributed by atoms with Gasteiger partial charge in [0, 0.05) is 0 Å². The largest absolute Gasteiger partial charge is 0.473 e. The third kappa shape index (κ3) is 4.49. The van der Waals surface area contributed by atoms with Crippen LogP contribution in [0.5, 0.6) is 5.75 Å². The van der Waals surface area contributed by atoms with Crippen LogP contribution in [0.4, 0.5) is 0 Å². The monoisotopic (exact) mass is 272 g/mol. The molecule has 0 saturated carbocycles. The zero-order chi connectivity index (χ0) is 14.0. The van der Waals surface area contributed by atoms with Crippen LogP contribution in [0, 0.1) is 0 Å². The van der Waals surface area contributed by atoms with E-state index in [1.165, 1.54) is 12.4 Å². The molecule has 0 aromatic carbocycles. The van der Waals surface area contributed by atoms with E-state index in [0.717, 1.165) is 0 Å². The van der Waals surface area contributed by atoms with E-state index in [1.54, 1.807) is 34.6 Å². The van der Waals surface area contributed by atoms with Crippen LogP contribution < -0.4 is 4.74 Å². The van der Waals surface area contributed by atoms with Crippen molar-refractivity contribution in [1.29, 1.82) is 0 Å². The summed E-state index contributed by atoms with van der Waals surface area (Å²) in [6, 6.07) is 0. The topological polar surface area (TPSA) is 61.3 Å². The molecule has 0 atom stereocenters. The van der Waals surface area contributed by atoms with E-state index in [4.69, 9.17) is 21.1 Å². The number of ether oxygens (including phenoxy) is 2. The molecule has 0 radical (unpaired) electrons. The predicted octanol–water partition coefficient (Wildman–Crippen LogP) is 2.63. The second kappa shape index (κ2) is 5.10. The first-order valence-electron chi connectivity index (χ1n) is 5.50.